The lowest BCUT2D eigenvalue weighted by Gasteiger charge is -2.30. The van der Waals surface area contributed by atoms with Gasteiger partial charge in [-0.1, -0.05) is 12.1 Å². The van der Waals surface area contributed by atoms with Crippen LogP contribution < -0.4 is 0 Å². The Morgan fingerprint density at radius 3 is 3.00 bits per heavy atom. The Morgan fingerprint density at radius 1 is 1.53 bits per heavy atom. The van der Waals surface area contributed by atoms with Crippen molar-refractivity contribution < 1.29 is 14.6 Å². The molecule has 1 aromatic carbocycles. The molecule has 1 unspecified atom stereocenters. The average molecular weight is 207 g/mol. The van der Waals surface area contributed by atoms with E-state index in [0.29, 0.717) is 6.54 Å². The minimum atomic E-state index is -0.139. The lowest BCUT2D eigenvalue weighted by atomic mass is 10.1. The van der Waals surface area contributed by atoms with E-state index >= 15 is 0 Å². The van der Waals surface area contributed by atoms with E-state index in [1.165, 1.54) is 0 Å². The van der Waals surface area contributed by atoms with Crippen LogP contribution in [0, 0.1) is 0 Å². The molecule has 1 amide bonds. The fourth-order valence-electron chi connectivity index (χ4n) is 1.61. The van der Waals surface area contributed by atoms with Gasteiger partial charge in [0.2, 0.25) is 5.91 Å². The number of likely N-dealkylation sites (N-methyl/N-ethyl adjacent to an activating group) is 1. The number of carbonyl (C=O) groups excluding carboxylic acids is 1. The van der Waals surface area contributed by atoms with Crippen LogP contribution in [-0.4, -0.2) is 36.1 Å². The molecular formula is C11H13NO3. The van der Waals surface area contributed by atoms with Crippen molar-refractivity contribution in [2.45, 2.75) is 6.10 Å². The minimum absolute atomic E-state index is 0.00796. The van der Waals surface area contributed by atoms with Crippen molar-refractivity contribution in [2.24, 2.45) is 0 Å². The Labute approximate surface area is 88.1 Å². The number of amides is 1. The average Bonchev–Trinajstić information content (AvgIpc) is 2.22. The predicted molar refractivity (Wildman–Crippen MR) is 54.4 cm³/mol. The van der Waals surface area contributed by atoms with Crippen molar-refractivity contribution in [1.29, 1.82) is 0 Å². The molecule has 0 saturated carbocycles. The highest BCUT2D eigenvalue weighted by molar-refractivity contribution is 5.77. The number of morpholine rings is 1. The molecule has 1 fully saturated rings. The molecule has 2 rings (SSSR count). The summed E-state index contributed by atoms with van der Waals surface area (Å²) < 4.78 is 5.40. The molecule has 4 heteroatoms. The number of ether oxygens (including phenoxy) is 1. The third-order valence-corrected chi connectivity index (χ3v) is 2.52. The van der Waals surface area contributed by atoms with Crippen LogP contribution in [0.25, 0.3) is 0 Å². The van der Waals surface area contributed by atoms with Gasteiger partial charge in [-0.3, -0.25) is 4.79 Å². The summed E-state index contributed by atoms with van der Waals surface area (Å²) in [4.78, 5) is 12.8. The Kier molecular flexibility index (Phi) is 2.60. The molecule has 1 atom stereocenters. The molecule has 15 heavy (non-hydrogen) atoms. The molecule has 1 aliphatic rings. The molecule has 80 valence electrons. The Morgan fingerprint density at radius 2 is 2.33 bits per heavy atom. The lowest BCUT2D eigenvalue weighted by molar-refractivity contribution is -0.147. The van der Waals surface area contributed by atoms with Crippen LogP contribution in [0.5, 0.6) is 5.75 Å². The van der Waals surface area contributed by atoms with Gasteiger partial charge < -0.3 is 14.7 Å². The van der Waals surface area contributed by atoms with Crippen LogP contribution in [0.3, 0.4) is 0 Å². The van der Waals surface area contributed by atoms with Crippen molar-refractivity contribution in [3.05, 3.63) is 29.8 Å². The van der Waals surface area contributed by atoms with Crippen LogP contribution >= 0.6 is 0 Å². The summed E-state index contributed by atoms with van der Waals surface area (Å²) in [5.74, 6) is 0.210. The van der Waals surface area contributed by atoms with Gasteiger partial charge in [0.1, 0.15) is 18.5 Å². The van der Waals surface area contributed by atoms with Crippen LogP contribution in [0.2, 0.25) is 0 Å². The highest BCUT2D eigenvalue weighted by Gasteiger charge is 2.24. The molecule has 1 saturated heterocycles. The molecule has 1 aliphatic heterocycles. The molecule has 1 aromatic rings. The summed E-state index contributed by atoms with van der Waals surface area (Å²) in [6.45, 7) is 0.638. The predicted octanol–water partition coefficient (Wildman–Crippen LogP) is 0.922. The number of phenols is 1. The van der Waals surface area contributed by atoms with E-state index in [1.54, 1.807) is 30.1 Å². The van der Waals surface area contributed by atoms with E-state index in [1.807, 2.05) is 6.07 Å². The first-order valence-corrected chi connectivity index (χ1v) is 4.81. The zero-order valence-electron chi connectivity index (χ0n) is 8.51. The van der Waals surface area contributed by atoms with E-state index in [2.05, 4.69) is 0 Å². The first-order valence-electron chi connectivity index (χ1n) is 4.81. The molecular weight excluding hydrogens is 194 g/mol. The van der Waals surface area contributed by atoms with Gasteiger partial charge in [-0.15, -0.1) is 0 Å². The van der Waals surface area contributed by atoms with Gasteiger partial charge >= 0.3 is 0 Å². The number of phenolic OH excluding ortho intramolecular Hbond substituents is 1. The van der Waals surface area contributed by atoms with Crippen LogP contribution in [0.15, 0.2) is 24.3 Å². The molecule has 0 spiro atoms. The van der Waals surface area contributed by atoms with E-state index in [0.717, 1.165) is 5.56 Å². The second-order valence-corrected chi connectivity index (χ2v) is 3.67. The van der Waals surface area contributed by atoms with Gasteiger partial charge in [0.05, 0.1) is 6.54 Å². The van der Waals surface area contributed by atoms with Crippen LogP contribution in [0.4, 0.5) is 0 Å². The van der Waals surface area contributed by atoms with E-state index in [9.17, 15) is 9.90 Å². The zero-order chi connectivity index (χ0) is 10.8. The number of aromatic hydroxyl groups is 1. The minimum Gasteiger partial charge on any atom is -0.508 e. The van der Waals surface area contributed by atoms with Gasteiger partial charge in [0, 0.05) is 7.05 Å². The van der Waals surface area contributed by atoms with Gasteiger partial charge in [-0.2, -0.15) is 0 Å². The molecule has 0 bridgehead atoms. The summed E-state index contributed by atoms with van der Waals surface area (Å²) >= 11 is 0. The maximum Gasteiger partial charge on any atom is 0.248 e. The number of benzene rings is 1. The largest absolute Gasteiger partial charge is 0.508 e. The van der Waals surface area contributed by atoms with Gasteiger partial charge in [0.25, 0.3) is 0 Å². The van der Waals surface area contributed by atoms with Gasteiger partial charge in [-0.05, 0) is 17.7 Å². The van der Waals surface area contributed by atoms with Gasteiger partial charge in [0.15, 0.2) is 0 Å². The molecule has 0 radical (unpaired) electrons. The Hall–Kier alpha value is -1.55. The van der Waals surface area contributed by atoms with E-state index in [4.69, 9.17) is 4.74 Å². The zero-order valence-corrected chi connectivity index (χ0v) is 8.51. The molecule has 1 heterocycles. The maximum absolute atomic E-state index is 11.2. The topological polar surface area (TPSA) is 49.8 Å². The quantitative estimate of drug-likeness (QED) is 0.745. The standard InChI is InChI=1S/C11H13NO3/c1-12-6-10(15-7-11(12)14)8-3-2-4-9(13)5-8/h2-5,10,13H,6-7H2,1H3. The third kappa shape index (κ3) is 2.10. The lowest BCUT2D eigenvalue weighted by Crippen LogP contribution is -2.40. The van der Waals surface area contributed by atoms with Crippen LogP contribution in [0.1, 0.15) is 11.7 Å². The van der Waals surface area contributed by atoms with Crippen molar-refractivity contribution in [1.82, 2.24) is 4.90 Å². The monoisotopic (exact) mass is 207 g/mol. The summed E-state index contributed by atoms with van der Waals surface area (Å²) in [5.41, 5.74) is 0.898. The third-order valence-electron chi connectivity index (χ3n) is 2.52. The summed E-state index contributed by atoms with van der Waals surface area (Å²) in [5, 5.41) is 9.33. The first kappa shape index (κ1) is 9.98. The van der Waals surface area contributed by atoms with E-state index in [-0.39, 0.29) is 24.4 Å². The Balaban J connectivity index is 2.15. The highest BCUT2D eigenvalue weighted by Crippen LogP contribution is 2.24. The number of hydrogen-bond acceptors (Lipinski definition) is 3. The second kappa shape index (κ2) is 3.90. The number of rotatable bonds is 1. The second-order valence-electron chi connectivity index (χ2n) is 3.67. The van der Waals surface area contributed by atoms with Crippen molar-refractivity contribution in [2.75, 3.05) is 20.2 Å². The van der Waals surface area contributed by atoms with Crippen molar-refractivity contribution in [3.63, 3.8) is 0 Å². The van der Waals surface area contributed by atoms with E-state index < -0.39 is 0 Å². The van der Waals surface area contributed by atoms with Crippen molar-refractivity contribution in [3.8, 4) is 5.75 Å². The SMILES string of the molecule is CN1CC(c2cccc(O)c2)OCC1=O. The van der Waals surface area contributed by atoms with Crippen LogP contribution in [-0.2, 0) is 9.53 Å². The number of nitrogens with zero attached hydrogens (tertiary/aromatic N) is 1. The first-order chi connectivity index (χ1) is 7.16. The van der Waals surface area contributed by atoms with Gasteiger partial charge in [-0.25, -0.2) is 0 Å². The molecule has 0 aromatic heterocycles. The summed E-state index contributed by atoms with van der Waals surface area (Å²) in [6, 6.07) is 6.92. The molecule has 1 N–H and O–H groups in total. The normalized spacial score (nSPS) is 21.8. The summed E-state index contributed by atoms with van der Waals surface area (Å²) in [6.07, 6.45) is -0.139. The maximum atomic E-state index is 11.2. The number of hydrogen-bond donors (Lipinski definition) is 1. The van der Waals surface area contributed by atoms with Crippen molar-refractivity contribution >= 4 is 5.91 Å². The Bertz CT molecular complexity index is 378. The number of carbonyl (C=O) groups is 1. The summed E-state index contributed by atoms with van der Waals surface area (Å²) in [7, 11) is 1.75. The smallest absolute Gasteiger partial charge is 0.248 e. The fraction of sp³-hybridized carbons (Fsp3) is 0.364. The highest BCUT2D eigenvalue weighted by atomic mass is 16.5. The molecule has 4 nitrogen and oxygen atoms in total. The molecule has 0 aliphatic carbocycles. The fourth-order valence-corrected chi connectivity index (χ4v) is 1.61.